The highest BCUT2D eigenvalue weighted by Gasteiger charge is 1.98. The van der Waals surface area contributed by atoms with E-state index >= 15 is 0 Å². The number of H-pyrrole nitrogens is 1. The molecule has 3 rings (SSSR count). The van der Waals surface area contributed by atoms with Gasteiger partial charge in [0.05, 0.1) is 11.7 Å². The lowest BCUT2D eigenvalue weighted by Crippen LogP contribution is -1.79. The van der Waals surface area contributed by atoms with Gasteiger partial charge < -0.3 is 0 Å². The minimum atomic E-state index is 0.846. The van der Waals surface area contributed by atoms with E-state index in [1.54, 1.807) is 6.20 Å². The lowest BCUT2D eigenvalue weighted by molar-refractivity contribution is 1.10. The molecule has 1 aromatic carbocycles. The Morgan fingerprint density at radius 2 is 2.00 bits per heavy atom. The van der Waals surface area contributed by atoms with E-state index < -0.39 is 0 Å². The SMILES string of the molecule is c1ccc2nc3[nH]ncc3cc2c1. The molecular formula is C10H7N3. The first-order chi connectivity index (χ1) is 6.43. The number of benzene rings is 1. The van der Waals surface area contributed by atoms with Crippen molar-refractivity contribution in [3.05, 3.63) is 36.5 Å². The lowest BCUT2D eigenvalue weighted by atomic mass is 10.2. The fourth-order valence-electron chi connectivity index (χ4n) is 1.48. The van der Waals surface area contributed by atoms with Gasteiger partial charge >= 0.3 is 0 Å². The molecule has 0 atom stereocenters. The van der Waals surface area contributed by atoms with Gasteiger partial charge in [-0.05, 0) is 12.1 Å². The molecule has 0 amide bonds. The average molecular weight is 169 g/mol. The Labute approximate surface area is 74.4 Å². The number of pyridine rings is 1. The van der Waals surface area contributed by atoms with Crippen LogP contribution in [0, 0.1) is 0 Å². The predicted molar refractivity (Wildman–Crippen MR) is 51.4 cm³/mol. The largest absolute Gasteiger partial charge is 0.261 e. The number of aromatic amines is 1. The van der Waals surface area contributed by atoms with Crippen LogP contribution in [0.15, 0.2) is 36.5 Å². The Balaban J connectivity index is 2.57. The summed E-state index contributed by atoms with van der Waals surface area (Å²) < 4.78 is 0. The number of hydrogen-bond donors (Lipinski definition) is 1. The summed E-state index contributed by atoms with van der Waals surface area (Å²) in [6, 6.07) is 10.1. The minimum absolute atomic E-state index is 0.846. The van der Waals surface area contributed by atoms with E-state index in [-0.39, 0.29) is 0 Å². The predicted octanol–water partition coefficient (Wildman–Crippen LogP) is 2.11. The van der Waals surface area contributed by atoms with Crippen LogP contribution >= 0.6 is 0 Å². The average Bonchev–Trinajstić information content (AvgIpc) is 2.61. The molecule has 1 N–H and O–H groups in total. The first kappa shape index (κ1) is 6.60. The maximum absolute atomic E-state index is 4.42. The third-order valence-electron chi connectivity index (χ3n) is 2.13. The van der Waals surface area contributed by atoms with E-state index in [0.717, 1.165) is 21.9 Å². The molecule has 13 heavy (non-hydrogen) atoms. The summed E-state index contributed by atoms with van der Waals surface area (Å²) in [5, 5.41) is 8.99. The second kappa shape index (κ2) is 2.29. The second-order valence-corrected chi connectivity index (χ2v) is 2.99. The molecule has 0 aliphatic carbocycles. The Bertz CT molecular complexity index is 519. The van der Waals surface area contributed by atoms with Crippen molar-refractivity contribution in [1.29, 1.82) is 0 Å². The van der Waals surface area contributed by atoms with Crippen molar-refractivity contribution >= 4 is 21.9 Å². The van der Waals surface area contributed by atoms with Gasteiger partial charge in [-0.2, -0.15) is 5.10 Å². The van der Waals surface area contributed by atoms with E-state index in [0.29, 0.717) is 0 Å². The number of nitrogens with one attached hydrogen (secondary N) is 1. The van der Waals surface area contributed by atoms with Crippen LogP contribution < -0.4 is 0 Å². The van der Waals surface area contributed by atoms with Crippen LogP contribution in [0.25, 0.3) is 21.9 Å². The highest BCUT2D eigenvalue weighted by atomic mass is 15.1. The van der Waals surface area contributed by atoms with Crippen LogP contribution in [-0.2, 0) is 0 Å². The zero-order valence-electron chi connectivity index (χ0n) is 6.86. The summed E-state index contributed by atoms with van der Waals surface area (Å²) in [6.07, 6.45) is 1.79. The van der Waals surface area contributed by atoms with Crippen molar-refractivity contribution in [2.45, 2.75) is 0 Å². The van der Waals surface area contributed by atoms with E-state index in [4.69, 9.17) is 0 Å². The number of para-hydroxylation sites is 1. The smallest absolute Gasteiger partial charge is 0.155 e. The molecule has 0 radical (unpaired) electrons. The topological polar surface area (TPSA) is 41.6 Å². The molecule has 0 saturated carbocycles. The lowest BCUT2D eigenvalue weighted by Gasteiger charge is -1.95. The molecule has 0 fully saturated rings. The zero-order chi connectivity index (χ0) is 8.67. The molecule has 2 aromatic heterocycles. The minimum Gasteiger partial charge on any atom is -0.261 e. The van der Waals surface area contributed by atoms with Gasteiger partial charge in [0.2, 0.25) is 0 Å². The summed E-state index contributed by atoms with van der Waals surface area (Å²) in [5.74, 6) is 0. The molecule has 0 aliphatic rings. The highest BCUT2D eigenvalue weighted by molar-refractivity contribution is 5.90. The van der Waals surface area contributed by atoms with Crippen LogP contribution in [0.2, 0.25) is 0 Å². The number of fused-ring (bicyclic) bond motifs is 2. The van der Waals surface area contributed by atoms with Gasteiger partial charge in [0, 0.05) is 10.8 Å². The Morgan fingerprint density at radius 1 is 1.08 bits per heavy atom. The maximum Gasteiger partial charge on any atom is 0.155 e. The molecule has 3 heteroatoms. The molecule has 0 unspecified atom stereocenters. The fourth-order valence-corrected chi connectivity index (χ4v) is 1.48. The molecule has 62 valence electrons. The Morgan fingerprint density at radius 3 is 3.00 bits per heavy atom. The van der Waals surface area contributed by atoms with Gasteiger partial charge in [-0.25, -0.2) is 4.98 Å². The maximum atomic E-state index is 4.42. The van der Waals surface area contributed by atoms with Gasteiger partial charge in [0.25, 0.3) is 0 Å². The first-order valence-corrected chi connectivity index (χ1v) is 4.12. The Hall–Kier alpha value is -1.90. The third-order valence-corrected chi connectivity index (χ3v) is 2.13. The Kier molecular flexibility index (Phi) is 1.16. The van der Waals surface area contributed by atoms with Gasteiger partial charge in [-0.15, -0.1) is 0 Å². The van der Waals surface area contributed by atoms with Crippen molar-refractivity contribution in [2.75, 3.05) is 0 Å². The van der Waals surface area contributed by atoms with E-state index in [1.165, 1.54) is 0 Å². The quantitative estimate of drug-likeness (QED) is 0.560. The van der Waals surface area contributed by atoms with E-state index in [1.807, 2.05) is 18.2 Å². The highest BCUT2D eigenvalue weighted by Crippen LogP contribution is 2.16. The van der Waals surface area contributed by atoms with E-state index in [9.17, 15) is 0 Å². The normalized spacial score (nSPS) is 11.1. The molecular weight excluding hydrogens is 162 g/mol. The summed E-state index contributed by atoms with van der Waals surface area (Å²) in [7, 11) is 0. The van der Waals surface area contributed by atoms with Gasteiger partial charge in [0.1, 0.15) is 0 Å². The molecule has 3 aromatic rings. The zero-order valence-corrected chi connectivity index (χ0v) is 6.86. The van der Waals surface area contributed by atoms with Crippen LogP contribution in [0.5, 0.6) is 0 Å². The van der Waals surface area contributed by atoms with Crippen molar-refractivity contribution < 1.29 is 0 Å². The molecule has 3 nitrogen and oxygen atoms in total. The molecule has 0 spiro atoms. The van der Waals surface area contributed by atoms with E-state index in [2.05, 4.69) is 27.3 Å². The van der Waals surface area contributed by atoms with Gasteiger partial charge in [0.15, 0.2) is 5.65 Å². The van der Waals surface area contributed by atoms with Gasteiger partial charge in [-0.3, -0.25) is 5.10 Å². The van der Waals surface area contributed by atoms with Crippen molar-refractivity contribution in [3.63, 3.8) is 0 Å². The van der Waals surface area contributed by atoms with Gasteiger partial charge in [-0.1, -0.05) is 18.2 Å². The first-order valence-electron chi connectivity index (χ1n) is 4.12. The fraction of sp³-hybridized carbons (Fsp3) is 0. The molecule has 0 saturated heterocycles. The van der Waals surface area contributed by atoms with Crippen molar-refractivity contribution in [1.82, 2.24) is 15.2 Å². The van der Waals surface area contributed by atoms with Crippen LogP contribution in [0.4, 0.5) is 0 Å². The standard InChI is InChI=1S/C10H7N3/c1-2-4-9-7(3-1)5-8-6-11-13-10(8)12-9/h1-6H,(H,11,12,13). The summed E-state index contributed by atoms with van der Waals surface area (Å²) in [5.41, 5.74) is 1.85. The monoisotopic (exact) mass is 169 g/mol. The molecule has 0 bridgehead atoms. The molecule has 2 heterocycles. The summed E-state index contributed by atoms with van der Waals surface area (Å²) >= 11 is 0. The third kappa shape index (κ3) is 0.902. The molecule has 0 aliphatic heterocycles. The summed E-state index contributed by atoms with van der Waals surface area (Å²) in [6.45, 7) is 0. The second-order valence-electron chi connectivity index (χ2n) is 2.99. The van der Waals surface area contributed by atoms with Crippen LogP contribution in [0.1, 0.15) is 0 Å². The number of rotatable bonds is 0. The number of aromatic nitrogens is 3. The number of hydrogen-bond acceptors (Lipinski definition) is 2. The summed E-state index contributed by atoms with van der Waals surface area (Å²) in [4.78, 5) is 4.42. The van der Waals surface area contributed by atoms with Crippen LogP contribution in [-0.4, -0.2) is 15.2 Å². The number of nitrogens with zero attached hydrogens (tertiary/aromatic N) is 2. The van der Waals surface area contributed by atoms with Crippen LogP contribution in [0.3, 0.4) is 0 Å². The van der Waals surface area contributed by atoms with Crippen molar-refractivity contribution in [3.8, 4) is 0 Å². The van der Waals surface area contributed by atoms with Crippen molar-refractivity contribution in [2.24, 2.45) is 0 Å².